The van der Waals surface area contributed by atoms with E-state index in [1.807, 2.05) is 27.7 Å². The lowest BCUT2D eigenvalue weighted by atomic mass is 10.3. The minimum Gasteiger partial charge on any atom is -0.327 e. The van der Waals surface area contributed by atoms with Crippen LogP contribution >= 0.6 is 23.2 Å². The molecule has 0 spiro atoms. The molecule has 4 atom stereocenters. The van der Waals surface area contributed by atoms with Gasteiger partial charge in [0.15, 0.2) is 0 Å². The molecule has 0 heterocycles. The monoisotopic (exact) mass is 214 g/mol. The van der Waals surface area contributed by atoms with Gasteiger partial charge in [-0.15, -0.1) is 23.2 Å². The Morgan fingerprint density at radius 1 is 0.750 bits per heavy atom. The van der Waals surface area contributed by atoms with Crippen LogP contribution in [0.4, 0.5) is 0 Å². The van der Waals surface area contributed by atoms with Gasteiger partial charge in [-0.1, -0.05) is 0 Å². The van der Waals surface area contributed by atoms with Crippen LogP contribution in [0.25, 0.3) is 0 Å². The molecule has 4 N–H and O–H groups in total. The second kappa shape index (κ2) is 8.11. The van der Waals surface area contributed by atoms with Crippen LogP contribution in [0.15, 0.2) is 0 Å². The van der Waals surface area contributed by atoms with E-state index in [1.165, 1.54) is 0 Å². The summed E-state index contributed by atoms with van der Waals surface area (Å²) >= 11 is 11.0. The highest BCUT2D eigenvalue weighted by Gasteiger charge is 1.99. The van der Waals surface area contributed by atoms with Gasteiger partial charge in [0.25, 0.3) is 0 Å². The number of halogens is 2. The van der Waals surface area contributed by atoms with Crippen molar-refractivity contribution in [1.82, 2.24) is 0 Å². The van der Waals surface area contributed by atoms with Gasteiger partial charge in [0.1, 0.15) is 0 Å². The Bertz CT molecular complexity index is 69.1. The second-order valence-electron chi connectivity index (χ2n) is 3.07. The first-order chi connectivity index (χ1) is 5.29. The summed E-state index contributed by atoms with van der Waals surface area (Å²) in [7, 11) is 0. The maximum absolute atomic E-state index is 5.49. The summed E-state index contributed by atoms with van der Waals surface area (Å²) in [4.78, 5) is 0. The fourth-order valence-electron chi connectivity index (χ4n) is 0. The zero-order chi connectivity index (χ0) is 10.3. The standard InChI is InChI=1S/2C4H10ClN/c2*1-3(5)4(2)6/h2*3-4H,6H2,1-2H3. The molecule has 0 amide bonds. The van der Waals surface area contributed by atoms with Crippen molar-refractivity contribution in [3.8, 4) is 0 Å². The topological polar surface area (TPSA) is 52.0 Å². The maximum atomic E-state index is 5.49. The van der Waals surface area contributed by atoms with Crippen molar-refractivity contribution in [2.75, 3.05) is 0 Å². The lowest BCUT2D eigenvalue weighted by molar-refractivity contribution is 0.723. The molecule has 0 aromatic carbocycles. The van der Waals surface area contributed by atoms with Gasteiger partial charge < -0.3 is 11.5 Å². The van der Waals surface area contributed by atoms with E-state index in [0.717, 1.165) is 0 Å². The van der Waals surface area contributed by atoms with Crippen molar-refractivity contribution in [3.63, 3.8) is 0 Å². The molecule has 0 aliphatic heterocycles. The first-order valence-corrected chi connectivity index (χ1v) is 4.95. The van der Waals surface area contributed by atoms with E-state index < -0.39 is 0 Å². The quantitative estimate of drug-likeness (QED) is 0.691. The van der Waals surface area contributed by atoms with E-state index in [4.69, 9.17) is 34.7 Å². The lowest BCUT2D eigenvalue weighted by Gasteiger charge is -2.03. The molecule has 0 aromatic rings. The van der Waals surface area contributed by atoms with Gasteiger partial charge in [-0.3, -0.25) is 0 Å². The van der Waals surface area contributed by atoms with Crippen LogP contribution in [0.1, 0.15) is 27.7 Å². The van der Waals surface area contributed by atoms with E-state index in [9.17, 15) is 0 Å². The van der Waals surface area contributed by atoms with Gasteiger partial charge in [0.2, 0.25) is 0 Å². The van der Waals surface area contributed by atoms with Crippen molar-refractivity contribution in [3.05, 3.63) is 0 Å². The van der Waals surface area contributed by atoms with E-state index in [0.29, 0.717) is 0 Å². The van der Waals surface area contributed by atoms with Gasteiger partial charge in [0.05, 0.1) is 0 Å². The maximum Gasteiger partial charge on any atom is 0.0456 e. The summed E-state index contributed by atoms with van der Waals surface area (Å²) in [6.45, 7) is 7.54. The Morgan fingerprint density at radius 2 is 0.833 bits per heavy atom. The zero-order valence-electron chi connectivity index (χ0n) is 8.22. The van der Waals surface area contributed by atoms with Crippen LogP contribution in [0.5, 0.6) is 0 Å². The fraction of sp³-hybridized carbons (Fsp3) is 1.00. The molecule has 2 nitrogen and oxygen atoms in total. The molecule has 0 aliphatic carbocycles. The molecular formula is C8H20Cl2N2. The summed E-state index contributed by atoms with van der Waals surface area (Å²) in [6.07, 6.45) is 0. The fourth-order valence-corrected chi connectivity index (χ4v) is 0. The van der Waals surface area contributed by atoms with Crippen molar-refractivity contribution in [2.24, 2.45) is 11.5 Å². The Labute approximate surface area is 85.6 Å². The van der Waals surface area contributed by atoms with Crippen LogP contribution < -0.4 is 11.5 Å². The highest BCUT2D eigenvalue weighted by molar-refractivity contribution is 6.21. The first-order valence-electron chi connectivity index (χ1n) is 4.08. The predicted molar refractivity (Wildman–Crippen MR) is 57.9 cm³/mol. The largest absolute Gasteiger partial charge is 0.327 e. The van der Waals surface area contributed by atoms with Crippen LogP contribution in [0.2, 0.25) is 0 Å². The van der Waals surface area contributed by atoms with Crippen molar-refractivity contribution < 1.29 is 0 Å². The lowest BCUT2D eigenvalue weighted by Crippen LogP contribution is -2.23. The molecule has 12 heavy (non-hydrogen) atoms. The molecular weight excluding hydrogens is 195 g/mol. The van der Waals surface area contributed by atoms with Crippen LogP contribution in [-0.4, -0.2) is 22.8 Å². The van der Waals surface area contributed by atoms with E-state index in [1.54, 1.807) is 0 Å². The highest BCUT2D eigenvalue weighted by Crippen LogP contribution is 1.95. The Kier molecular flexibility index (Phi) is 10.1. The predicted octanol–water partition coefficient (Wildman–Crippen LogP) is 1.92. The third-order valence-corrected chi connectivity index (χ3v) is 2.24. The summed E-state index contributed by atoms with van der Waals surface area (Å²) in [5.41, 5.74) is 10.6. The molecule has 0 rings (SSSR count). The first kappa shape index (κ1) is 15.0. The molecule has 0 radical (unpaired) electrons. The van der Waals surface area contributed by atoms with Gasteiger partial charge in [0, 0.05) is 22.8 Å². The molecule has 0 aliphatic rings. The number of hydrogen-bond acceptors (Lipinski definition) is 2. The van der Waals surface area contributed by atoms with Crippen molar-refractivity contribution in [2.45, 2.75) is 50.5 Å². The Balaban J connectivity index is 0. The highest BCUT2D eigenvalue weighted by atomic mass is 35.5. The average molecular weight is 215 g/mol. The Morgan fingerprint density at radius 3 is 0.833 bits per heavy atom. The second-order valence-corrected chi connectivity index (χ2v) is 4.45. The molecule has 0 aromatic heterocycles. The number of nitrogens with two attached hydrogens (primary N) is 2. The van der Waals surface area contributed by atoms with Crippen molar-refractivity contribution in [1.29, 1.82) is 0 Å². The number of hydrogen-bond donors (Lipinski definition) is 2. The third-order valence-electron chi connectivity index (χ3n) is 1.45. The summed E-state index contributed by atoms with van der Waals surface area (Å²) in [5, 5.41) is 0.204. The molecule has 0 bridgehead atoms. The van der Waals surface area contributed by atoms with E-state index >= 15 is 0 Å². The molecule has 4 heteroatoms. The summed E-state index contributed by atoms with van der Waals surface area (Å²) in [6, 6.07) is 0.235. The number of rotatable bonds is 2. The van der Waals surface area contributed by atoms with Crippen LogP contribution in [-0.2, 0) is 0 Å². The molecule has 0 fully saturated rings. The minimum atomic E-state index is 0.102. The third kappa shape index (κ3) is 13.1. The van der Waals surface area contributed by atoms with Gasteiger partial charge in [-0.25, -0.2) is 0 Å². The molecule has 0 saturated heterocycles. The SMILES string of the molecule is CC(N)C(C)Cl.CC(N)C(C)Cl. The molecule has 0 saturated carbocycles. The van der Waals surface area contributed by atoms with Crippen LogP contribution in [0.3, 0.4) is 0 Å². The van der Waals surface area contributed by atoms with E-state index in [-0.39, 0.29) is 22.8 Å². The summed E-state index contributed by atoms with van der Waals surface area (Å²) < 4.78 is 0. The average Bonchev–Trinajstić information content (AvgIpc) is 1.88. The zero-order valence-corrected chi connectivity index (χ0v) is 9.73. The molecule has 76 valence electrons. The van der Waals surface area contributed by atoms with Gasteiger partial charge in [-0.2, -0.15) is 0 Å². The normalized spacial score (nSPS) is 20.0. The van der Waals surface area contributed by atoms with Crippen LogP contribution in [0, 0.1) is 0 Å². The molecule has 4 unspecified atom stereocenters. The smallest absolute Gasteiger partial charge is 0.0456 e. The Hall–Kier alpha value is 0.500. The van der Waals surface area contributed by atoms with Gasteiger partial charge >= 0.3 is 0 Å². The number of alkyl halides is 2. The van der Waals surface area contributed by atoms with Crippen molar-refractivity contribution >= 4 is 23.2 Å². The van der Waals surface area contributed by atoms with Gasteiger partial charge in [-0.05, 0) is 27.7 Å². The van der Waals surface area contributed by atoms with E-state index in [2.05, 4.69) is 0 Å². The summed E-state index contributed by atoms with van der Waals surface area (Å²) in [5.74, 6) is 0. The minimum absolute atomic E-state index is 0.102.